The molecule has 0 bridgehead atoms. The third-order valence-corrected chi connectivity index (χ3v) is 20.1. The Kier molecular flexibility index (Phi) is 4.32. The third-order valence-electron chi connectivity index (χ3n) is 3.54. The summed E-state index contributed by atoms with van der Waals surface area (Å²) in [6, 6.07) is 0. The predicted octanol–water partition coefficient (Wildman–Crippen LogP) is 4.36. The fourth-order valence-corrected chi connectivity index (χ4v) is 5.30. The topological polar surface area (TPSA) is 0 Å². The molecular formula is C9H22IP. The van der Waals surface area contributed by atoms with Crippen molar-refractivity contribution in [3.05, 3.63) is 0 Å². The van der Waals surface area contributed by atoms with Gasteiger partial charge in [0.05, 0.1) is 0 Å². The summed E-state index contributed by atoms with van der Waals surface area (Å²) < 4.78 is -1.29. The van der Waals surface area contributed by atoms with Gasteiger partial charge in [0.2, 0.25) is 0 Å². The van der Waals surface area contributed by atoms with E-state index in [-0.39, 0.29) is 0 Å². The van der Waals surface area contributed by atoms with E-state index in [0.717, 1.165) is 5.66 Å². The Labute approximate surface area is 84.9 Å². The molecule has 0 spiro atoms. The van der Waals surface area contributed by atoms with E-state index >= 15 is 0 Å². The Morgan fingerprint density at radius 1 is 1.00 bits per heavy atom. The van der Waals surface area contributed by atoms with Crippen molar-refractivity contribution in [2.45, 2.75) is 40.3 Å². The first-order valence-corrected chi connectivity index (χ1v) is 10.3. The molecule has 0 saturated heterocycles. The minimum absolute atomic E-state index is 0.904. The summed E-state index contributed by atoms with van der Waals surface area (Å²) in [6.07, 6.45) is 4.24. The van der Waals surface area contributed by atoms with Crippen molar-refractivity contribution >= 4 is 26.3 Å². The normalized spacial score (nSPS) is 16.5. The second kappa shape index (κ2) is 3.91. The van der Waals surface area contributed by atoms with Gasteiger partial charge in [-0.05, 0) is 0 Å². The molecule has 0 aromatic carbocycles. The van der Waals surface area contributed by atoms with Crippen molar-refractivity contribution in [1.29, 1.82) is 0 Å². The number of hydrogen-bond donors (Lipinski definition) is 0. The van der Waals surface area contributed by atoms with Gasteiger partial charge in [-0.3, -0.25) is 0 Å². The molecule has 0 amide bonds. The zero-order chi connectivity index (χ0) is 9.15. The summed E-state index contributed by atoms with van der Waals surface area (Å²) in [5, 5.41) is 0. The zero-order valence-electron chi connectivity index (χ0n) is 8.52. The van der Waals surface area contributed by atoms with E-state index in [1.165, 1.54) is 18.5 Å². The van der Waals surface area contributed by atoms with Crippen LogP contribution in [0.2, 0.25) is 0 Å². The molecule has 0 aliphatic rings. The molecule has 0 heterocycles. The van der Waals surface area contributed by atoms with Crippen LogP contribution in [0.4, 0.5) is 0 Å². The molecule has 0 aliphatic carbocycles. The van der Waals surface area contributed by atoms with Crippen LogP contribution in [0.1, 0.15) is 34.6 Å². The first-order chi connectivity index (χ1) is 4.93. The zero-order valence-corrected chi connectivity index (χ0v) is 11.6. The summed E-state index contributed by atoms with van der Waals surface area (Å²) in [7, 11) is 0. The summed E-state index contributed by atoms with van der Waals surface area (Å²) in [5.41, 5.74) is 0.904. The summed E-state index contributed by atoms with van der Waals surface area (Å²) in [6.45, 7) is 11.9. The molecule has 0 aromatic heterocycles. The summed E-state index contributed by atoms with van der Waals surface area (Å²) >= 11 is 2.82. The SMILES string of the molecule is CCP(I)(CC)(CC)C(C)C. The van der Waals surface area contributed by atoms with Crippen molar-refractivity contribution < 1.29 is 0 Å². The van der Waals surface area contributed by atoms with Crippen LogP contribution in [0.25, 0.3) is 0 Å². The van der Waals surface area contributed by atoms with Crippen LogP contribution >= 0.6 is 26.3 Å². The van der Waals surface area contributed by atoms with Gasteiger partial charge < -0.3 is 0 Å². The monoisotopic (exact) mass is 288 g/mol. The van der Waals surface area contributed by atoms with Crippen LogP contribution in [0.15, 0.2) is 0 Å². The van der Waals surface area contributed by atoms with Gasteiger partial charge in [0.15, 0.2) is 0 Å². The first-order valence-electron chi connectivity index (χ1n) is 4.65. The molecule has 0 aromatic rings. The Bertz CT molecular complexity index is 117. The number of halogens is 1. The van der Waals surface area contributed by atoms with Crippen LogP contribution in [0.3, 0.4) is 0 Å². The van der Waals surface area contributed by atoms with Crippen LogP contribution in [-0.4, -0.2) is 24.1 Å². The van der Waals surface area contributed by atoms with Gasteiger partial charge in [-0.2, -0.15) is 0 Å². The van der Waals surface area contributed by atoms with E-state index in [4.69, 9.17) is 0 Å². The average Bonchev–Trinajstić information content (AvgIpc) is 2.03. The standard InChI is InChI=1S/C9H22IP/c1-6-11(10,7-2,8-3)9(4)5/h9H,6-8H2,1-5H3. The molecule has 0 saturated carbocycles. The van der Waals surface area contributed by atoms with E-state index < -0.39 is 4.25 Å². The third kappa shape index (κ3) is 2.09. The van der Waals surface area contributed by atoms with Crippen molar-refractivity contribution in [2.75, 3.05) is 18.5 Å². The molecule has 11 heavy (non-hydrogen) atoms. The molecule has 0 atom stereocenters. The fourth-order valence-electron chi connectivity index (χ4n) is 1.77. The minimum atomic E-state index is -1.29. The molecule has 70 valence electrons. The predicted molar refractivity (Wildman–Crippen MR) is 67.7 cm³/mol. The summed E-state index contributed by atoms with van der Waals surface area (Å²) in [5.74, 6) is 0. The van der Waals surface area contributed by atoms with Crippen molar-refractivity contribution in [3.63, 3.8) is 0 Å². The maximum absolute atomic E-state index is 2.82. The van der Waals surface area contributed by atoms with Crippen molar-refractivity contribution in [3.8, 4) is 0 Å². The first kappa shape index (κ1) is 12.2. The quantitative estimate of drug-likeness (QED) is 0.532. The van der Waals surface area contributed by atoms with Crippen molar-refractivity contribution in [1.82, 2.24) is 0 Å². The van der Waals surface area contributed by atoms with Gasteiger partial charge in [-0.15, -0.1) is 0 Å². The maximum atomic E-state index is 2.82. The van der Waals surface area contributed by atoms with E-state index in [2.05, 4.69) is 56.7 Å². The Hall–Kier alpha value is 1.16. The van der Waals surface area contributed by atoms with Crippen LogP contribution in [0, 0.1) is 0 Å². The van der Waals surface area contributed by atoms with Gasteiger partial charge in [0.25, 0.3) is 0 Å². The molecule has 0 N–H and O–H groups in total. The Morgan fingerprint density at radius 2 is 1.27 bits per heavy atom. The molecule has 0 rings (SSSR count). The van der Waals surface area contributed by atoms with Gasteiger partial charge in [-0.1, -0.05) is 0 Å². The molecule has 0 radical (unpaired) electrons. The molecule has 0 fully saturated rings. The van der Waals surface area contributed by atoms with Crippen LogP contribution in [0.5, 0.6) is 0 Å². The Balaban J connectivity index is 4.74. The van der Waals surface area contributed by atoms with E-state index in [9.17, 15) is 0 Å². The second-order valence-corrected chi connectivity index (χ2v) is 17.8. The molecule has 2 heteroatoms. The van der Waals surface area contributed by atoms with E-state index in [0.29, 0.717) is 0 Å². The molecular weight excluding hydrogens is 266 g/mol. The van der Waals surface area contributed by atoms with Crippen LogP contribution < -0.4 is 0 Å². The van der Waals surface area contributed by atoms with E-state index in [1.54, 1.807) is 0 Å². The van der Waals surface area contributed by atoms with Gasteiger partial charge in [-0.25, -0.2) is 0 Å². The average molecular weight is 288 g/mol. The van der Waals surface area contributed by atoms with Gasteiger partial charge in [0.1, 0.15) is 0 Å². The van der Waals surface area contributed by atoms with E-state index in [1.807, 2.05) is 0 Å². The Morgan fingerprint density at radius 3 is 1.27 bits per heavy atom. The second-order valence-electron chi connectivity index (χ2n) is 3.72. The van der Waals surface area contributed by atoms with Gasteiger partial charge >= 0.3 is 85.1 Å². The van der Waals surface area contributed by atoms with Crippen LogP contribution in [-0.2, 0) is 0 Å². The van der Waals surface area contributed by atoms with Crippen molar-refractivity contribution in [2.24, 2.45) is 0 Å². The molecule has 0 nitrogen and oxygen atoms in total. The molecule has 0 unspecified atom stereocenters. The molecule has 0 aliphatic heterocycles. The number of hydrogen-bond acceptors (Lipinski definition) is 0. The summed E-state index contributed by atoms with van der Waals surface area (Å²) in [4.78, 5) is 0. The number of rotatable bonds is 4. The van der Waals surface area contributed by atoms with Gasteiger partial charge in [0, 0.05) is 0 Å². The fraction of sp³-hybridized carbons (Fsp3) is 1.00.